The van der Waals surface area contributed by atoms with Crippen LogP contribution in [0.4, 0.5) is 0 Å². The van der Waals surface area contributed by atoms with Gasteiger partial charge in [0, 0.05) is 12.7 Å². The number of nitrogens with zero attached hydrogens (tertiary/aromatic N) is 2. The summed E-state index contributed by atoms with van der Waals surface area (Å²) in [6.45, 7) is 0.294. The van der Waals surface area contributed by atoms with Gasteiger partial charge in [-0.15, -0.1) is 5.10 Å². The molecule has 5 heteroatoms. The predicted molar refractivity (Wildman–Crippen MR) is 48.5 cm³/mol. The van der Waals surface area contributed by atoms with Crippen LogP contribution >= 0.6 is 0 Å². The summed E-state index contributed by atoms with van der Waals surface area (Å²) in [7, 11) is 0. The number of carbonyl (C=O) groups is 1. The molecule has 0 aromatic carbocycles. The quantitative estimate of drug-likeness (QED) is 0.693. The molecule has 0 bridgehead atoms. The molecule has 1 saturated carbocycles. The predicted octanol–water partition coefficient (Wildman–Crippen LogP) is -0.269. The topological polar surface area (TPSA) is 75.1 Å². The molecule has 0 aliphatic heterocycles. The molecule has 0 saturated heterocycles. The van der Waals surface area contributed by atoms with Crippen molar-refractivity contribution in [1.82, 2.24) is 15.5 Å². The van der Waals surface area contributed by atoms with Gasteiger partial charge in [0.25, 0.3) is 5.91 Å². The summed E-state index contributed by atoms with van der Waals surface area (Å²) in [5.41, 5.74) is -0.394. The van der Waals surface area contributed by atoms with Gasteiger partial charge < -0.3 is 10.4 Å². The Labute approximate surface area is 81.2 Å². The van der Waals surface area contributed by atoms with Crippen LogP contribution in [-0.4, -0.2) is 33.4 Å². The smallest absolute Gasteiger partial charge is 0.271 e. The van der Waals surface area contributed by atoms with Crippen molar-refractivity contribution in [2.24, 2.45) is 0 Å². The zero-order valence-electron chi connectivity index (χ0n) is 7.60. The molecule has 0 spiro atoms. The van der Waals surface area contributed by atoms with Crippen molar-refractivity contribution in [3.63, 3.8) is 0 Å². The van der Waals surface area contributed by atoms with E-state index in [1.807, 2.05) is 0 Å². The van der Waals surface area contributed by atoms with Crippen molar-refractivity contribution in [3.8, 4) is 0 Å². The van der Waals surface area contributed by atoms with Crippen molar-refractivity contribution >= 4 is 5.91 Å². The highest BCUT2D eigenvalue weighted by Gasteiger charge is 2.40. The van der Waals surface area contributed by atoms with Crippen LogP contribution in [0, 0.1) is 0 Å². The molecule has 1 aromatic heterocycles. The maximum atomic E-state index is 11.4. The summed E-state index contributed by atoms with van der Waals surface area (Å²) in [6, 6.07) is 3.23. The fourth-order valence-electron chi connectivity index (χ4n) is 1.08. The van der Waals surface area contributed by atoms with Gasteiger partial charge in [0.05, 0.1) is 5.60 Å². The van der Waals surface area contributed by atoms with Gasteiger partial charge in [-0.3, -0.25) is 4.79 Å². The van der Waals surface area contributed by atoms with Crippen molar-refractivity contribution in [2.45, 2.75) is 18.4 Å². The number of amides is 1. The van der Waals surface area contributed by atoms with Gasteiger partial charge >= 0.3 is 0 Å². The lowest BCUT2D eigenvalue weighted by Crippen LogP contribution is -2.33. The Morgan fingerprint density at radius 3 is 3.00 bits per heavy atom. The zero-order chi connectivity index (χ0) is 10.0. The highest BCUT2D eigenvalue weighted by atomic mass is 16.3. The molecule has 0 unspecified atom stereocenters. The molecule has 2 N–H and O–H groups in total. The highest BCUT2D eigenvalue weighted by Crippen LogP contribution is 2.33. The number of hydrogen-bond acceptors (Lipinski definition) is 4. The van der Waals surface area contributed by atoms with Gasteiger partial charge in [0.2, 0.25) is 0 Å². The Morgan fingerprint density at radius 1 is 1.64 bits per heavy atom. The largest absolute Gasteiger partial charge is 0.388 e. The normalized spacial score (nSPS) is 17.5. The number of rotatable bonds is 3. The van der Waals surface area contributed by atoms with E-state index in [0.717, 1.165) is 12.8 Å². The lowest BCUT2D eigenvalue weighted by atomic mass is 10.3. The molecule has 1 fully saturated rings. The lowest BCUT2D eigenvalue weighted by molar-refractivity contribution is 0.0890. The Bertz CT molecular complexity index is 335. The van der Waals surface area contributed by atoms with Crippen molar-refractivity contribution in [3.05, 3.63) is 24.0 Å². The average molecular weight is 193 g/mol. The standard InChI is InChI=1S/C9H11N3O2/c13-8(7-2-1-5-11-12-7)10-6-9(14)3-4-9/h1-2,5,14H,3-4,6H2,(H,10,13). The molecule has 1 aliphatic rings. The molecular weight excluding hydrogens is 182 g/mol. The van der Waals surface area contributed by atoms with Crippen molar-refractivity contribution in [1.29, 1.82) is 0 Å². The molecule has 0 atom stereocenters. The second kappa shape index (κ2) is 3.34. The van der Waals surface area contributed by atoms with E-state index in [4.69, 9.17) is 0 Å². The number of aliphatic hydroxyl groups is 1. The van der Waals surface area contributed by atoms with Gasteiger partial charge in [-0.2, -0.15) is 5.10 Å². The van der Waals surface area contributed by atoms with Gasteiger partial charge in [-0.1, -0.05) is 0 Å². The molecule has 14 heavy (non-hydrogen) atoms. The monoisotopic (exact) mass is 193 g/mol. The van der Waals surface area contributed by atoms with Crippen LogP contribution in [0.5, 0.6) is 0 Å². The number of carbonyl (C=O) groups excluding carboxylic acids is 1. The van der Waals surface area contributed by atoms with Crippen LogP contribution in [0.2, 0.25) is 0 Å². The molecule has 5 nitrogen and oxygen atoms in total. The Morgan fingerprint density at radius 2 is 2.43 bits per heavy atom. The second-order valence-electron chi connectivity index (χ2n) is 3.52. The van der Waals surface area contributed by atoms with Crippen molar-refractivity contribution < 1.29 is 9.90 Å². The van der Waals surface area contributed by atoms with Gasteiger partial charge in [-0.25, -0.2) is 0 Å². The third-order valence-corrected chi connectivity index (χ3v) is 2.21. The molecular formula is C9H11N3O2. The van der Waals surface area contributed by atoms with E-state index in [2.05, 4.69) is 15.5 Å². The van der Waals surface area contributed by atoms with Crippen molar-refractivity contribution in [2.75, 3.05) is 6.54 Å². The van der Waals surface area contributed by atoms with E-state index < -0.39 is 5.60 Å². The molecule has 1 aliphatic carbocycles. The SMILES string of the molecule is O=C(NCC1(O)CC1)c1cccnn1. The first-order chi connectivity index (χ1) is 6.70. The van der Waals surface area contributed by atoms with Crippen LogP contribution in [-0.2, 0) is 0 Å². The van der Waals surface area contributed by atoms with Gasteiger partial charge in [0.1, 0.15) is 0 Å². The van der Waals surface area contributed by atoms with E-state index in [9.17, 15) is 9.90 Å². The number of hydrogen-bond donors (Lipinski definition) is 2. The van der Waals surface area contributed by atoms with E-state index in [0.29, 0.717) is 6.54 Å². The third-order valence-electron chi connectivity index (χ3n) is 2.21. The second-order valence-corrected chi connectivity index (χ2v) is 3.52. The highest BCUT2D eigenvalue weighted by molar-refractivity contribution is 5.92. The third kappa shape index (κ3) is 2.05. The van der Waals surface area contributed by atoms with E-state index in [1.54, 1.807) is 12.1 Å². The Kier molecular flexibility index (Phi) is 2.17. The molecule has 1 heterocycles. The maximum absolute atomic E-state index is 11.4. The van der Waals surface area contributed by atoms with Crippen LogP contribution in [0.25, 0.3) is 0 Å². The summed E-state index contributed by atoms with van der Waals surface area (Å²) >= 11 is 0. The number of aromatic nitrogens is 2. The number of nitrogens with one attached hydrogen (secondary N) is 1. The zero-order valence-corrected chi connectivity index (χ0v) is 7.60. The van der Waals surface area contributed by atoms with Crippen LogP contribution in [0.1, 0.15) is 23.3 Å². The maximum Gasteiger partial charge on any atom is 0.271 e. The molecule has 1 amide bonds. The van der Waals surface area contributed by atoms with E-state index >= 15 is 0 Å². The molecule has 1 aromatic rings. The lowest BCUT2D eigenvalue weighted by Gasteiger charge is -2.08. The van der Waals surface area contributed by atoms with Crippen LogP contribution in [0.15, 0.2) is 18.3 Å². The minimum absolute atomic E-state index is 0.275. The minimum atomic E-state index is -0.669. The average Bonchev–Trinajstić information content (AvgIpc) is 2.95. The van der Waals surface area contributed by atoms with Gasteiger partial charge in [0.15, 0.2) is 5.69 Å². The summed E-state index contributed by atoms with van der Waals surface area (Å²) in [6.07, 6.45) is 3.02. The first kappa shape index (κ1) is 9.08. The van der Waals surface area contributed by atoms with Gasteiger partial charge in [-0.05, 0) is 25.0 Å². The summed E-state index contributed by atoms with van der Waals surface area (Å²) in [5.74, 6) is -0.293. The first-order valence-electron chi connectivity index (χ1n) is 4.48. The summed E-state index contributed by atoms with van der Waals surface area (Å²) in [4.78, 5) is 11.4. The minimum Gasteiger partial charge on any atom is -0.388 e. The molecule has 74 valence electrons. The summed E-state index contributed by atoms with van der Waals surface area (Å²) in [5, 5.41) is 19.3. The Hall–Kier alpha value is -1.49. The van der Waals surface area contributed by atoms with Crippen LogP contribution in [0.3, 0.4) is 0 Å². The molecule has 2 rings (SSSR count). The van der Waals surface area contributed by atoms with Crippen LogP contribution < -0.4 is 5.32 Å². The summed E-state index contributed by atoms with van der Waals surface area (Å²) < 4.78 is 0. The fourth-order valence-corrected chi connectivity index (χ4v) is 1.08. The first-order valence-corrected chi connectivity index (χ1v) is 4.48. The molecule has 0 radical (unpaired) electrons. The van der Waals surface area contributed by atoms with E-state index in [1.165, 1.54) is 6.20 Å². The Balaban J connectivity index is 1.90. The fraction of sp³-hybridized carbons (Fsp3) is 0.444. The van der Waals surface area contributed by atoms with E-state index in [-0.39, 0.29) is 11.6 Å².